The van der Waals surface area contributed by atoms with Crippen molar-refractivity contribution < 1.29 is 19.4 Å². The maximum absolute atomic E-state index is 13.0. The van der Waals surface area contributed by atoms with Crippen molar-refractivity contribution in [1.29, 1.82) is 0 Å². The van der Waals surface area contributed by atoms with Gasteiger partial charge in [-0.2, -0.15) is 0 Å². The van der Waals surface area contributed by atoms with Crippen LogP contribution in [0.3, 0.4) is 0 Å². The van der Waals surface area contributed by atoms with E-state index in [1.807, 2.05) is 55.7 Å². The third-order valence-electron chi connectivity index (χ3n) is 5.33. The standard InChI is InChI=1S/C20H24N2O4/c1-12-11-18(19(23)21-10-9-17(13(21)2)20(24)25)14(3)22(12)15-5-7-16(26-4)8-6-15/h5-8,11,13,17H,9-10H2,1-4H3,(H,24,25). The number of carbonyl (C=O) groups is 2. The van der Waals surface area contributed by atoms with Crippen LogP contribution in [0, 0.1) is 19.8 Å². The van der Waals surface area contributed by atoms with Gasteiger partial charge < -0.3 is 19.3 Å². The maximum atomic E-state index is 13.0. The van der Waals surface area contributed by atoms with Crippen molar-refractivity contribution in [3.63, 3.8) is 0 Å². The number of hydrogen-bond donors (Lipinski definition) is 1. The summed E-state index contributed by atoms with van der Waals surface area (Å²) in [4.78, 5) is 26.0. The lowest BCUT2D eigenvalue weighted by molar-refractivity contribution is -0.142. The van der Waals surface area contributed by atoms with Gasteiger partial charge in [0.1, 0.15) is 5.75 Å². The molecule has 2 atom stereocenters. The van der Waals surface area contributed by atoms with Gasteiger partial charge in [0.15, 0.2) is 0 Å². The normalized spacial score (nSPS) is 19.6. The molecule has 0 radical (unpaired) electrons. The summed E-state index contributed by atoms with van der Waals surface area (Å²) in [5, 5.41) is 9.30. The van der Waals surface area contributed by atoms with E-state index in [1.54, 1.807) is 12.0 Å². The molecule has 26 heavy (non-hydrogen) atoms. The summed E-state index contributed by atoms with van der Waals surface area (Å²) < 4.78 is 7.23. The highest BCUT2D eigenvalue weighted by molar-refractivity contribution is 5.96. The lowest BCUT2D eigenvalue weighted by atomic mass is 10.0. The highest BCUT2D eigenvalue weighted by Gasteiger charge is 2.39. The van der Waals surface area contributed by atoms with Crippen LogP contribution in [0.5, 0.6) is 5.75 Å². The first-order valence-electron chi connectivity index (χ1n) is 8.72. The van der Waals surface area contributed by atoms with E-state index in [4.69, 9.17) is 4.74 Å². The average molecular weight is 356 g/mol. The molecule has 2 unspecified atom stereocenters. The van der Waals surface area contributed by atoms with Crippen LogP contribution in [-0.4, -0.2) is 46.1 Å². The number of nitrogens with zero attached hydrogens (tertiary/aromatic N) is 2. The molecule has 0 aliphatic carbocycles. The molecule has 2 heterocycles. The van der Waals surface area contributed by atoms with Crippen molar-refractivity contribution in [1.82, 2.24) is 9.47 Å². The lowest BCUT2D eigenvalue weighted by Gasteiger charge is -2.23. The average Bonchev–Trinajstić information content (AvgIpc) is 3.14. The second kappa shape index (κ2) is 6.86. The van der Waals surface area contributed by atoms with Gasteiger partial charge in [0.2, 0.25) is 0 Å². The molecule has 0 bridgehead atoms. The Morgan fingerprint density at radius 2 is 1.85 bits per heavy atom. The Morgan fingerprint density at radius 1 is 1.19 bits per heavy atom. The van der Waals surface area contributed by atoms with Gasteiger partial charge in [0.25, 0.3) is 5.91 Å². The van der Waals surface area contributed by atoms with Crippen LogP contribution in [0.25, 0.3) is 5.69 Å². The van der Waals surface area contributed by atoms with Crippen molar-refractivity contribution in [2.75, 3.05) is 13.7 Å². The van der Waals surface area contributed by atoms with Gasteiger partial charge >= 0.3 is 5.97 Å². The molecular formula is C20H24N2O4. The van der Waals surface area contributed by atoms with Gasteiger partial charge in [0.05, 0.1) is 18.6 Å². The molecule has 1 saturated heterocycles. The zero-order valence-electron chi connectivity index (χ0n) is 15.5. The highest BCUT2D eigenvalue weighted by atomic mass is 16.5. The van der Waals surface area contributed by atoms with E-state index in [2.05, 4.69) is 0 Å². The van der Waals surface area contributed by atoms with E-state index in [-0.39, 0.29) is 11.9 Å². The molecule has 1 aliphatic heterocycles. The summed E-state index contributed by atoms with van der Waals surface area (Å²) in [6.45, 7) is 6.16. The van der Waals surface area contributed by atoms with E-state index in [0.717, 1.165) is 22.8 Å². The van der Waals surface area contributed by atoms with E-state index in [0.29, 0.717) is 18.5 Å². The minimum Gasteiger partial charge on any atom is -0.497 e. The fraction of sp³-hybridized carbons (Fsp3) is 0.400. The zero-order chi connectivity index (χ0) is 19.0. The summed E-state index contributed by atoms with van der Waals surface area (Å²) in [6, 6.07) is 9.25. The molecule has 6 nitrogen and oxygen atoms in total. The van der Waals surface area contributed by atoms with Crippen LogP contribution in [0.2, 0.25) is 0 Å². The van der Waals surface area contributed by atoms with Crippen LogP contribution in [0.4, 0.5) is 0 Å². The third kappa shape index (κ3) is 2.96. The molecule has 1 aliphatic rings. The Hall–Kier alpha value is -2.76. The van der Waals surface area contributed by atoms with E-state index in [1.165, 1.54) is 0 Å². The zero-order valence-corrected chi connectivity index (χ0v) is 15.5. The van der Waals surface area contributed by atoms with Crippen molar-refractivity contribution in [2.45, 2.75) is 33.2 Å². The van der Waals surface area contributed by atoms with E-state index in [9.17, 15) is 14.7 Å². The number of methoxy groups -OCH3 is 1. The molecule has 1 N–H and O–H groups in total. The number of benzene rings is 1. The van der Waals surface area contributed by atoms with E-state index >= 15 is 0 Å². The number of carbonyl (C=O) groups excluding carboxylic acids is 1. The SMILES string of the molecule is COc1ccc(-n2c(C)cc(C(=O)N3CCC(C(=O)O)C3C)c2C)cc1. The Labute approximate surface area is 153 Å². The molecule has 0 saturated carbocycles. The molecule has 1 amide bonds. The first-order valence-corrected chi connectivity index (χ1v) is 8.72. The second-order valence-corrected chi connectivity index (χ2v) is 6.79. The fourth-order valence-electron chi connectivity index (χ4n) is 3.82. The molecule has 3 rings (SSSR count). The number of carboxylic acids is 1. The number of ether oxygens (including phenoxy) is 1. The molecule has 1 aromatic heterocycles. The number of hydrogen-bond acceptors (Lipinski definition) is 3. The first-order chi connectivity index (χ1) is 12.3. The highest BCUT2D eigenvalue weighted by Crippen LogP contribution is 2.29. The minimum absolute atomic E-state index is 0.103. The van der Waals surface area contributed by atoms with Crippen molar-refractivity contribution >= 4 is 11.9 Å². The monoisotopic (exact) mass is 356 g/mol. The van der Waals surface area contributed by atoms with Crippen LogP contribution in [0.1, 0.15) is 35.1 Å². The first kappa shape index (κ1) is 18.0. The number of amides is 1. The Bertz CT molecular complexity index is 838. The molecule has 0 spiro atoms. The molecule has 6 heteroatoms. The number of aliphatic carboxylic acids is 1. The lowest BCUT2D eigenvalue weighted by Crippen LogP contribution is -2.37. The molecule has 1 fully saturated rings. The predicted octanol–water partition coefficient (Wildman–Crippen LogP) is 3.04. The van der Waals surface area contributed by atoms with Crippen LogP contribution >= 0.6 is 0 Å². The van der Waals surface area contributed by atoms with Crippen molar-refractivity contribution in [3.8, 4) is 11.4 Å². The number of likely N-dealkylation sites (tertiary alicyclic amines) is 1. The Balaban J connectivity index is 1.92. The number of rotatable bonds is 4. The predicted molar refractivity (Wildman–Crippen MR) is 98.0 cm³/mol. The van der Waals surface area contributed by atoms with Gasteiger partial charge in [-0.25, -0.2) is 0 Å². The third-order valence-corrected chi connectivity index (χ3v) is 5.33. The molecule has 1 aromatic carbocycles. The van der Waals surface area contributed by atoms with Gasteiger partial charge in [0, 0.05) is 29.7 Å². The number of aryl methyl sites for hydroxylation is 1. The van der Waals surface area contributed by atoms with Gasteiger partial charge in [-0.1, -0.05) is 0 Å². The molecule has 138 valence electrons. The van der Waals surface area contributed by atoms with Gasteiger partial charge in [-0.15, -0.1) is 0 Å². The Kier molecular flexibility index (Phi) is 4.76. The van der Waals surface area contributed by atoms with Crippen molar-refractivity contribution in [2.24, 2.45) is 5.92 Å². The number of carboxylic acid groups (broad SMARTS) is 1. The van der Waals surface area contributed by atoms with Crippen LogP contribution in [-0.2, 0) is 4.79 Å². The summed E-state index contributed by atoms with van der Waals surface area (Å²) in [6.07, 6.45) is 0.499. The quantitative estimate of drug-likeness (QED) is 0.914. The molecular weight excluding hydrogens is 332 g/mol. The summed E-state index contributed by atoms with van der Waals surface area (Å²) in [7, 11) is 1.62. The summed E-state index contributed by atoms with van der Waals surface area (Å²) in [5.74, 6) is -0.659. The Morgan fingerprint density at radius 3 is 2.38 bits per heavy atom. The summed E-state index contributed by atoms with van der Waals surface area (Å²) in [5.41, 5.74) is 3.38. The van der Waals surface area contributed by atoms with Gasteiger partial charge in [-0.05, 0) is 57.5 Å². The van der Waals surface area contributed by atoms with Crippen LogP contribution < -0.4 is 4.74 Å². The number of aromatic nitrogens is 1. The van der Waals surface area contributed by atoms with Crippen molar-refractivity contribution in [3.05, 3.63) is 47.3 Å². The van der Waals surface area contributed by atoms with E-state index < -0.39 is 11.9 Å². The van der Waals surface area contributed by atoms with Crippen LogP contribution in [0.15, 0.2) is 30.3 Å². The maximum Gasteiger partial charge on any atom is 0.308 e. The van der Waals surface area contributed by atoms with Gasteiger partial charge in [-0.3, -0.25) is 9.59 Å². The minimum atomic E-state index is -0.837. The summed E-state index contributed by atoms with van der Waals surface area (Å²) >= 11 is 0. The topological polar surface area (TPSA) is 71.8 Å². The largest absolute Gasteiger partial charge is 0.497 e. The second-order valence-electron chi connectivity index (χ2n) is 6.79. The molecule has 2 aromatic rings. The smallest absolute Gasteiger partial charge is 0.308 e. The fourth-order valence-corrected chi connectivity index (χ4v) is 3.82.